The SMILES string of the molecule is CCC(C)Cc1nc(CO)no1. The van der Waals surface area contributed by atoms with E-state index in [9.17, 15) is 0 Å². The molecule has 1 aromatic heterocycles. The molecule has 0 radical (unpaired) electrons. The third-order valence-corrected chi connectivity index (χ3v) is 1.87. The molecular formula is C8H14N2O2. The summed E-state index contributed by atoms with van der Waals surface area (Å²) in [4.78, 5) is 3.99. The topological polar surface area (TPSA) is 59.2 Å². The summed E-state index contributed by atoms with van der Waals surface area (Å²) in [5, 5.41) is 12.2. The Morgan fingerprint density at radius 1 is 1.58 bits per heavy atom. The van der Waals surface area contributed by atoms with Crippen LogP contribution in [0.2, 0.25) is 0 Å². The van der Waals surface area contributed by atoms with Crippen LogP contribution in [-0.2, 0) is 13.0 Å². The van der Waals surface area contributed by atoms with E-state index in [1.54, 1.807) is 0 Å². The Hall–Kier alpha value is -0.900. The lowest BCUT2D eigenvalue weighted by Gasteiger charge is -2.01. The van der Waals surface area contributed by atoms with Gasteiger partial charge in [0.1, 0.15) is 6.61 Å². The number of aliphatic hydroxyl groups excluding tert-OH is 1. The van der Waals surface area contributed by atoms with Crippen molar-refractivity contribution >= 4 is 0 Å². The molecule has 0 spiro atoms. The van der Waals surface area contributed by atoms with Gasteiger partial charge in [0.15, 0.2) is 5.82 Å². The largest absolute Gasteiger partial charge is 0.388 e. The fourth-order valence-electron chi connectivity index (χ4n) is 0.880. The Bertz CT molecular complexity index is 235. The molecule has 0 fully saturated rings. The monoisotopic (exact) mass is 170 g/mol. The van der Waals surface area contributed by atoms with Crippen molar-refractivity contribution < 1.29 is 9.63 Å². The van der Waals surface area contributed by atoms with Gasteiger partial charge in [-0.15, -0.1) is 0 Å². The van der Waals surface area contributed by atoms with Gasteiger partial charge >= 0.3 is 0 Å². The van der Waals surface area contributed by atoms with Crippen LogP contribution in [0.3, 0.4) is 0 Å². The van der Waals surface area contributed by atoms with E-state index < -0.39 is 0 Å². The van der Waals surface area contributed by atoms with Crippen molar-refractivity contribution in [1.29, 1.82) is 0 Å². The maximum Gasteiger partial charge on any atom is 0.226 e. The van der Waals surface area contributed by atoms with Gasteiger partial charge in [0.05, 0.1) is 0 Å². The van der Waals surface area contributed by atoms with Crippen molar-refractivity contribution in [3.8, 4) is 0 Å². The summed E-state index contributed by atoms with van der Waals surface area (Å²) < 4.78 is 4.91. The van der Waals surface area contributed by atoms with Crippen molar-refractivity contribution in [3.63, 3.8) is 0 Å². The van der Waals surface area contributed by atoms with Gasteiger partial charge in [-0.1, -0.05) is 25.4 Å². The van der Waals surface area contributed by atoms with E-state index in [-0.39, 0.29) is 6.61 Å². The predicted octanol–water partition coefficient (Wildman–Crippen LogP) is 1.15. The summed E-state index contributed by atoms with van der Waals surface area (Å²) in [7, 11) is 0. The fourth-order valence-corrected chi connectivity index (χ4v) is 0.880. The van der Waals surface area contributed by atoms with Gasteiger partial charge < -0.3 is 9.63 Å². The van der Waals surface area contributed by atoms with Crippen LogP contribution in [0.1, 0.15) is 32.0 Å². The minimum Gasteiger partial charge on any atom is -0.388 e. The number of hydrogen-bond acceptors (Lipinski definition) is 4. The Kier molecular flexibility index (Phi) is 3.22. The second-order valence-corrected chi connectivity index (χ2v) is 2.98. The average molecular weight is 170 g/mol. The van der Waals surface area contributed by atoms with Gasteiger partial charge in [-0.05, 0) is 5.92 Å². The summed E-state index contributed by atoms with van der Waals surface area (Å²) in [5.41, 5.74) is 0. The van der Waals surface area contributed by atoms with E-state index in [0.29, 0.717) is 17.6 Å². The highest BCUT2D eigenvalue weighted by atomic mass is 16.5. The first-order chi connectivity index (χ1) is 5.76. The van der Waals surface area contributed by atoms with Gasteiger partial charge in [-0.25, -0.2) is 0 Å². The standard InChI is InChI=1S/C8H14N2O2/c1-3-6(2)4-8-9-7(5-11)10-12-8/h6,11H,3-5H2,1-2H3. The van der Waals surface area contributed by atoms with Crippen LogP contribution in [0, 0.1) is 5.92 Å². The maximum absolute atomic E-state index is 8.66. The molecule has 1 rings (SSSR count). The first kappa shape index (κ1) is 9.19. The molecule has 1 atom stereocenters. The molecule has 0 aliphatic carbocycles. The molecule has 0 amide bonds. The molecule has 0 aliphatic rings. The third kappa shape index (κ3) is 2.30. The predicted molar refractivity (Wildman–Crippen MR) is 43.4 cm³/mol. The quantitative estimate of drug-likeness (QED) is 0.736. The molecular weight excluding hydrogens is 156 g/mol. The smallest absolute Gasteiger partial charge is 0.226 e. The molecule has 4 heteroatoms. The van der Waals surface area contributed by atoms with Crippen molar-refractivity contribution in [2.24, 2.45) is 5.92 Å². The van der Waals surface area contributed by atoms with E-state index in [0.717, 1.165) is 12.8 Å². The molecule has 0 bridgehead atoms. The summed E-state index contributed by atoms with van der Waals surface area (Å²) >= 11 is 0. The van der Waals surface area contributed by atoms with Crippen molar-refractivity contribution in [2.45, 2.75) is 33.3 Å². The van der Waals surface area contributed by atoms with Crippen LogP contribution in [-0.4, -0.2) is 15.2 Å². The zero-order valence-corrected chi connectivity index (χ0v) is 7.45. The van der Waals surface area contributed by atoms with Crippen LogP contribution < -0.4 is 0 Å². The molecule has 0 aliphatic heterocycles. The fraction of sp³-hybridized carbons (Fsp3) is 0.750. The minimum absolute atomic E-state index is 0.149. The van der Waals surface area contributed by atoms with Gasteiger partial charge in [-0.3, -0.25) is 0 Å². The second-order valence-electron chi connectivity index (χ2n) is 2.98. The molecule has 1 aromatic rings. The first-order valence-corrected chi connectivity index (χ1v) is 4.18. The van der Waals surface area contributed by atoms with Crippen molar-refractivity contribution in [2.75, 3.05) is 0 Å². The Balaban J connectivity index is 2.52. The van der Waals surface area contributed by atoms with E-state index in [1.807, 2.05) is 0 Å². The molecule has 0 saturated heterocycles. The molecule has 68 valence electrons. The highest BCUT2D eigenvalue weighted by Crippen LogP contribution is 2.09. The van der Waals surface area contributed by atoms with Crippen LogP contribution in [0.4, 0.5) is 0 Å². The number of aliphatic hydroxyl groups is 1. The lowest BCUT2D eigenvalue weighted by molar-refractivity contribution is 0.262. The number of hydrogen-bond donors (Lipinski definition) is 1. The lowest BCUT2D eigenvalue weighted by atomic mass is 10.1. The molecule has 0 aromatic carbocycles. The Morgan fingerprint density at radius 2 is 2.33 bits per heavy atom. The maximum atomic E-state index is 8.66. The molecule has 12 heavy (non-hydrogen) atoms. The number of aromatic nitrogens is 2. The first-order valence-electron chi connectivity index (χ1n) is 4.18. The van der Waals surface area contributed by atoms with Gasteiger partial charge in [0, 0.05) is 6.42 Å². The second kappa shape index (κ2) is 4.21. The average Bonchev–Trinajstić information content (AvgIpc) is 2.52. The molecule has 0 saturated carbocycles. The van der Waals surface area contributed by atoms with Gasteiger partial charge in [-0.2, -0.15) is 4.98 Å². The van der Waals surface area contributed by atoms with E-state index in [4.69, 9.17) is 9.63 Å². The zero-order valence-electron chi connectivity index (χ0n) is 7.45. The van der Waals surface area contributed by atoms with Crippen LogP contribution in [0.5, 0.6) is 0 Å². The van der Waals surface area contributed by atoms with Gasteiger partial charge in [0.25, 0.3) is 0 Å². The summed E-state index contributed by atoms with van der Waals surface area (Å²) in [6.45, 7) is 4.10. The van der Waals surface area contributed by atoms with Crippen LogP contribution in [0.25, 0.3) is 0 Å². The van der Waals surface area contributed by atoms with Crippen LogP contribution >= 0.6 is 0 Å². The summed E-state index contributed by atoms with van der Waals surface area (Å²) in [5.74, 6) is 1.54. The highest BCUT2D eigenvalue weighted by molar-refractivity contribution is 4.85. The van der Waals surface area contributed by atoms with E-state index in [1.165, 1.54) is 0 Å². The summed E-state index contributed by atoms with van der Waals surface area (Å²) in [6.07, 6.45) is 1.89. The molecule has 1 unspecified atom stereocenters. The van der Waals surface area contributed by atoms with Crippen LogP contribution in [0.15, 0.2) is 4.52 Å². The van der Waals surface area contributed by atoms with E-state index in [2.05, 4.69) is 24.0 Å². The number of rotatable bonds is 4. The number of nitrogens with zero attached hydrogens (tertiary/aromatic N) is 2. The molecule has 1 N–H and O–H groups in total. The highest BCUT2D eigenvalue weighted by Gasteiger charge is 2.08. The lowest BCUT2D eigenvalue weighted by Crippen LogP contribution is -1.98. The Labute approximate surface area is 71.6 Å². The molecule has 1 heterocycles. The summed E-state index contributed by atoms with van der Waals surface area (Å²) in [6, 6.07) is 0. The Morgan fingerprint density at radius 3 is 2.83 bits per heavy atom. The third-order valence-electron chi connectivity index (χ3n) is 1.87. The normalized spacial score (nSPS) is 13.2. The van der Waals surface area contributed by atoms with Gasteiger partial charge in [0.2, 0.25) is 5.89 Å². The van der Waals surface area contributed by atoms with Crippen molar-refractivity contribution in [3.05, 3.63) is 11.7 Å². The molecule has 4 nitrogen and oxygen atoms in total. The van der Waals surface area contributed by atoms with Crippen molar-refractivity contribution in [1.82, 2.24) is 10.1 Å². The van der Waals surface area contributed by atoms with E-state index >= 15 is 0 Å². The zero-order chi connectivity index (χ0) is 8.97. The minimum atomic E-state index is -0.149.